The van der Waals surface area contributed by atoms with E-state index in [9.17, 15) is 9.90 Å². The van der Waals surface area contributed by atoms with Crippen LogP contribution >= 0.6 is 0 Å². The van der Waals surface area contributed by atoms with Crippen molar-refractivity contribution in [2.45, 2.75) is 12.8 Å². The van der Waals surface area contributed by atoms with Crippen molar-refractivity contribution < 1.29 is 19.4 Å². The van der Waals surface area contributed by atoms with Gasteiger partial charge < -0.3 is 14.6 Å². The standard InChI is InChI=1S/C16H23NO4/c1-20-15-4-2-13(3-5-15)12-14(16(18)19)6-7-17-8-10-21-11-9-17/h2-5,14H,6-12H2,1H3,(H,18,19). The monoisotopic (exact) mass is 293 g/mol. The minimum Gasteiger partial charge on any atom is -0.497 e. The molecule has 1 aromatic rings. The number of carboxylic acids is 1. The average molecular weight is 293 g/mol. The van der Waals surface area contributed by atoms with Crippen molar-refractivity contribution in [3.8, 4) is 5.75 Å². The number of nitrogens with zero attached hydrogens (tertiary/aromatic N) is 1. The highest BCUT2D eigenvalue weighted by atomic mass is 16.5. The number of morpholine rings is 1. The van der Waals surface area contributed by atoms with E-state index in [2.05, 4.69) is 4.90 Å². The molecule has 0 saturated carbocycles. The van der Waals surface area contributed by atoms with E-state index < -0.39 is 5.97 Å². The van der Waals surface area contributed by atoms with Crippen LogP contribution in [0.1, 0.15) is 12.0 Å². The minimum absolute atomic E-state index is 0.346. The lowest BCUT2D eigenvalue weighted by Crippen LogP contribution is -2.38. The van der Waals surface area contributed by atoms with Crippen molar-refractivity contribution in [1.29, 1.82) is 0 Å². The summed E-state index contributed by atoms with van der Waals surface area (Å²) in [5.74, 6) is -0.278. The molecular weight excluding hydrogens is 270 g/mol. The van der Waals surface area contributed by atoms with Crippen molar-refractivity contribution in [2.75, 3.05) is 40.0 Å². The summed E-state index contributed by atoms with van der Waals surface area (Å²) < 4.78 is 10.4. The van der Waals surface area contributed by atoms with Gasteiger partial charge >= 0.3 is 5.97 Å². The van der Waals surface area contributed by atoms with Gasteiger partial charge in [0.25, 0.3) is 0 Å². The SMILES string of the molecule is COc1ccc(CC(CCN2CCOCC2)C(=O)O)cc1. The molecule has 5 nitrogen and oxygen atoms in total. The van der Waals surface area contributed by atoms with Crippen LogP contribution in [0.2, 0.25) is 0 Å². The Kier molecular flexibility index (Phi) is 6.02. The highest BCUT2D eigenvalue weighted by Gasteiger charge is 2.20. The molecule has 2 rings (SSSR count). The second kappa shape index (κ2) is 8.00. The highest BCUT2D eigenvalue weighted by molar-refractivity contribution is 5.70. The number of hydrogen-bond acceptors (Lipinski definition) is 4. The van der Waals surface area contributed by atoms with E-state index in [1.165, 1.54) is 0 Å². The second-order valence-corrected chi connectivity index (χ2v) is 5.33. The predicted molar refractivity (Wildman–Crippen MR) is 79.7 cm³/mol. The van der Waals surface area contributed by atoms with Crippen molar-refractivity contribution in [1.82, 2.24) is 4.90 Å². The molecule has 1 unspecified atom stereocenters. The fourth-order valence-corrected chi connectivity index (χ4v) is 2.52. The van der Waals surface area contributed by atoms with Gasteiger partial charge in [-0.25, -0.2) is 0 Å². The molecule has 0 radical (unpaired) electrons. The van der Waals surface area contributed by atoms with Crippen LogP contribution in [-0.4, -0.2) is 55.9 Å². The normalized spacial score (nSPS) is 17.4. The summed E-state index contributed by atoms with van der Waals surface area (Å²) >= 11 is 0. The van der Waals surface area contributed by atoms with Gasteiger partial charge in [-0.1, -0.05) is 12.1 Å². The lowest BCUT2D eigenvalue weighted by atomic mass is 9.96. The summed E-state index contributed by atoms with van der Waals surface area (Å²) in [6, 6.07) is 7.61. The number of methoxy groups -OCH3 is 1. The van der Waals surface area contributed by atoms with E-state index in [4.69, 9.17) is 9.47 Å². The van der Waals surface area contributed by atoms with Gasteiger partial charge in [-0.05, 0) is 37.1 Å². The summed E-state index contributed by atoms with van der Waals surface area (Å²) in [5.41, 5.74) is 1.03. The van der Waals surface area contributed by atoms with Crippen LogP contribution in [-0.2, 0) is 16.0 Å². The van der Waals surface area contributed by atoms with Crippen molar-refractivity contribution in [3.05, 3.63) is 29.8 Å². The minimum atomic E-state index is -0.723. The van der Waals surface area contributed by atoms with Crippen LogP contribution in [0.5, 0.6) is 5.75 Å². The van der Waals surface area contributed by atoms with E-state index in [1.54, 1.807) is 7.11 Å². The molecule has 0 aromatic heterocycles. The van der Waals surface area contributed by atoms with Gasteiger partial charge in [0, 0.05) is 13.1 Å². The first-order chi connectivity index (χ1) is 10.2. The Morgan fingerprint density at radius 3 is 2.57 bits per heavy atom. The smallest absolute Gasteiger partial charge is 0.306 e. The second-order valence-electron chi connectivity index (χ2n) is 5.33. The molecule has 0 bridgehead atoms. The number of rotatable bonds is 7. The van der Waals surface area contributed by atoms with E-state index in [-0.39, 0.29) is 5.92 Å². The summed E-state index contributed by atoms with van der Waals surface area (Å²) in [6.45, 7) is 4.10. The van der Waals surface area contributed by atoms with Crippen LogP contribution in [0.25, 0.3) is 0 Å². The maximum atomic E-state index is 11.4. The molecule has 116 valence electrons. The zero-order valence-electron chi connectivity index (χ0n) is 12.5. The fourth-order valence-electron chi connectivity index (χ4n) is 2.52. The first-order valence-electron chi connectivity index (χ1n) is 7.35. The van der Waals surface area contributed by atoms with Crippen LogP contribution < -0.4 is 4.74 Å². The quantitative estimate of drug-likeness (QED) is 0.828. The molecule has 1 atom stereocenters. The molecule has 0 amide bonds. The lowest BCUT2D eigenvalue weighted by Gasteiger charge is -2.27. The Balaban J connectivity index is 1.87. The molecule has 0 aliphatic carbocycles. The molecule has 5 heteroatoms. The molecule has 1 fully saturated rings. The van der Waals surface area contributed by atoms with Gasteiger partial charge in [0.1, 0.15) is 5.75 Å². The number of benzene rings is 1. The maximum Gasteiger partial charge on any atom is 0.306 e. The number of carboxylic acid groups (broad SMARTS) is 1. The molecule has 1 aliphatic rings. The van der Waals surface area contributed by atoms with Gasteiger partial charge in [0.15, 0.2) is 0 Å². The van der Waals surface area contributed by atoms with E-state index in [0.717, 1.165) is 44.2 Å². The van der Waals surface area contributed by atoms with Gasteiger partial charge in [-0.3, -0.25) is 9.69 Å². The van der Waals surface area contributed by atoms with Crippen molar-refractivity contribution in [3.63, 3.8) is 0 Å². The van der Waals surface area contributed by atoms with E-state index >= 15 is 0 Å². The van der Waals surface area contributed by atoms with Crippen LogP contribution in [0.3, 0.4) is 0 Å². The zero-order chi connectivity index (χ0) is 15.1. The van der Waals surface area contributed by atoms with Crippen LogP contribution in [0, 0.1) is 5.92 Å². The molecule has 1 saturated heterocycles. The molecular formula is C16H23NO4. The molecule has 1 aliphatic heterocycles. The first-order valence-corrected chi connectivity index (χ1v) is 7.35. The predicted octanol–water partition coefficient (Wildman–Crippen LogP) is 1.66. The van der Waals surface area contributed by atoms with Gasteiger partial charge in [-0.15, -0.1) is 0 Å². The third-order valence-electron chi connectivity index (χ3n) is 3.89. The largest absolute Gasteiger partial charge is 0.497 e. The highest BCUT2D eigenvalue weighted by Crippen LogP contribution is 2.17. The third-order valence-corrected chi connectivity index (χ3v) is 3.89. The fraction of sp³-hybridized carbons (Fsp3) is 0.562. The van der Waals surface area contributed by atoms with E-state index in [0.29, 0.717) is 12.8 Å². The van der Waals surface area contributed by atoms with Crippen LogP contribution in [0.15, 0.2) is 24.3 Å². The van der Waals surface area contributed by atoms with Gasteiger partial charge in [-0.2, -0.15) is 0 Å². The number of carbonyl (C=O) groups is 1. The van der Waals surface area contributed by atoms with Gasteiger partial charge in [0.2, 0.25) is 0 Å². The Morgan fingerprint density at radius 1 is 1.33 bits per heavy atom. The topological polar surface area (TPSA) is 59.0 Å². The summed E-state index contributed by atoms with van der Waals surface area (Å²) in [5, 5.41) is 9.40. The van der Waals surface area contributed by atoms with Crippen LogP contribution in [0.4, 0.5) is 0 Å². The summed E-state index contributed by atoms with van der Waals surface area (Å²) in [7, 11) is 1.62. The van der Waals surface area contributed by atoms with Crippen molar-refractivity contribution >= 4 is 5.97 Å². The molecule has 21 heavy (non-hydrogen) atoms. The number of aliphatic carboxylic acids is 1. The Labute approximate surface area is 125 Å². The molecule has 1 heterocycles. The van der Waals surface area contributed by atoms with Crippen molar-refractivity contribution in [2.24, 2.45) is 5.92 Å². The molecule has 0 spiro atoms. The number of ether oxygens (including phenoxy) is 2. The zero-order valence-corrected chi connectivity index (χ0v) is 12.5. The Morgan fingerprint density at radius 2 is 2.00 bits per heavy atom. The third kappa shape index (κ3) is 5.02. The first kappa shape index (κ1) is 15.8. The Bertz CT molecular complexity index is 440. The Hall–Kier alpha value is -1.59. The van der Waals surface area contributed by atoms with E-state index in [1.807, 2.05) is 24.3 Å². The average Bonchev–Trinajstić information content (AvgIpc) is 2.52. The molecule has 1 aromatic carbocycles. The van der Waals surface area contributed by atoms with Gasteiger partial charge in [0.05, 0.1) is 26.2 Å². The summed E-state index contributed by atoms with van der Waals surface area (Å²) in [6.07, 6.45) is 1.23. The maximum absolute atomic E-state index is 11.4. The summed E-state index contributed by atoms with van der Waals surface area (Å²) in [4.78, 5) is 13.7. The molecule has 1 N–H and O–H groups in total. The lowest BCUT2D eigenvalue weighted by molar-refractivity contribution is -0.142. The number of hydrogen-bond donors (Lipinski definition) is 1.